The number of carbonyl (C=O) groups is 2. The number of imide groups is 1. The Kier molecular flexibility index (Phi) is 8.68. The van der Waals surface area contributed by atoms with E-state index in [9.17, 15) is 14.7 Å². The fourth-order valence-electron chi connectivity index (χ4n) is 8.02. The van der Waals surface area contributed by atoms with Crippen molar-refractivity contribution in [2.75, 3.05) is 19.3 Å². The highest BCUT2D eigenvalue weighted by Gasteiger charge is 2.31. The number of para-hydroxylation sites is 1. The quantitative estimate of drug-likeness (QED) is 0.167. The van der Waals surface area contributed by atoms with Crippen LogP contribution < -0.4 is 11.1 Å². The van der Waals surface area contributed by atoms with E-state index in [1.54, 1.807) is 24.4 Å². The van der Waals surface area contributed by atoms with Gasteiger partial charge in [-0.3, -0.25) is 19.6 Å². The number of nitrogens with two attached hydrogens (primary N) is 1. The number of likely N-dealkylation sites (N-methyl/N-ethyl adjacent to an activating group) is 1. The third-order valence-electron chi connectivity index (χ3n) is 10.8. The smallest absolute Gasteiger partial charge is 0.249 e. The van der Waals surface area contributed by atoms with Crippen LogP contribution in [0.25, 0.3) is 44.3 Å². The number of pyridine rings is 1. The molecule has 0 bridgehead atoms. The molecule has 2 fully saturated rings. The highest BCUT2D eigenvalue weighted by Crippen LogP contribution is 2.36. The summed E-state index contributed by atoms with van der Waals surface area (Å²) in [6.07, 6.45) is 11.8. The molecule has 4 N–H and O–H groups in total. The first-order valence-electron chi connectivity index (χ1n) is 17.7. The average Bonchev–Trinajstić information content (AvgIpc) is 3.74. The molecule has 0 radical (unpaired) electrons. The van der Waals surface area contributed by atoms with Crippen LogP contribution in [0.5, 0.6) is 5.75 Å². The highest BCUT2D eigenvalue weighted by molar-refractivity contribution is 6.10. The number of fused-ring (bicyclic) bond motifs is 3. The van der Waals surface area contributed by atoms with Crippen molar-refractivity contribution in [2.24, 2.45) is 5.92 Å². The first-order valence-corrected chi connectivity index (χ1v) is 17.7. The number of aromatic nitrogens is 6. The van der Waals surface area contributed by atoms with Crippen LogP contribution in [0.2, 0.25) is 0 Å². The molecule has 2 amide bonds. The zero-order valence-electron chi connectivity index (χ0n) is 28.6. The standard InChI is InChI=1S/C39H41N9O3/c1-46(19-17-25-6-4-9-32-36(25)29-8-5-18-41-38(29)48(32)33-15-16-35(50)43-39(33)51)27-13-11-24(12-14-27)22-47-23-26(21-42-47)30-20-31(44-45-37(30)40)28-7-2-3-10-34(28)49/h2-10,18,20-21,23-24,27,33,49H,11-17,19,22H2,1H3,(H2,40,45)(H,43,50,51)/t24-,27-,33?. The van der Waals surface area contributed by atoms with Gasteiger partial charge in [0.05, 0.1) is 17.4 Å². The number of aromatic hydroxyl groups is 1. The van der Waals surface area contributed by atoms with Gasteiger partial charge in [-0.2, -0.15) is 5.10 Å². The van der Waals surface area contributed by atoms with Gasteiger partial charge in [0.15, 0.2) is 5.82 Å². The lowest BCUT2D eigenvalue weighted by Crippen LogP contribution is -2.41. The van der Waals surface area contributed by atoms with Crippen molar-refractivity contribution >= 4 is 39.6 Å². The van der Waals surface area contributed by atoms with Crippen molar-refractivity contribution in [3.63, 3.8) is 0 Å². The van der Waals surface area contributed by atoms with E-state index in [0.29, 0.717) is 41.9 Å². The molecule has 1 saturated heterocycles. The molecule has 1 unspecified atom stereocenters. The fraction of sp³-hybridized carbons (Fsp3) is 0.333. The maximum atomic E-state index is 12.9. The highest BCUT2D eigenvalue weighted by atomic mass is 16.3. The van der Waals surface area contributed by atoms with Gasteiger partial charge in [-0.1, -0.05) is 24.3 Å². The van der Waals surface area contributed by atoms with E-state index in [0.717, 1.165) is 78.3 Å². The Bertz CT molecular complexity index is 2250. The zero-order valence-corrected chi connectivity index (χ0v) is 28.6. The van der Waals surface area contributed by atoms with Crippen LogP contribution in [0.4, 0.5) is 5.82 Å². The predicted molar refractivity (Wildman–Crippen MR) is 196 cm³/mol. The van der Waals surface area contributed by atoms with E-state index >= 15 is 0 Å². The number of hydrogen-bond donors (Lipinski definition) is 3. The maximum Gasteiger partial charge on any atom is 0.249 e. The maximum absolute atomic E-state index is 12.9. The molecule has 0 spiro atoms. The number of phenols is 1. The minimum atomic E-state index is -0.465. The molecule has 4 aromatic heterocycles. The lowest BCUT2D eigenvalue weighted by Gasteiger charge is -2.34. The van der Waals surface area contributed by atoms with Crippen LogP contribution in [0.1, 0.15) is 50.1 Å². The third kappa shape index (κ3) is 6.31. The Hall–Kier alpha value is -5.62. The average molecular weight is 684 g/mol. The van der Waals surface area contributed by atoms with Crippen molar-refractivity contribution < 1.29 is 14.7 Å². The number of rotatable bonds is 9. The predicted octanol–water partition coefficient (Wildman–Crippen LogP) is 5.51. The molecule has 2 aromatic carbocycles. The SMILES string of the molecule is CN(CCc1cccc2c1c1cccnc1n2C1CCC(=O)NC1=O)[C@H]1CC[C@H](Cn2cc(-c3cc(-c4ccccc4O)nnc3N)cn2)CC1. The molecule has 1 aliphatic carbocycles. The second-order valence-electron chi connectivity index (χ2n) is 13.9. The van der Waals surface area contributed by atoms with Gasteiger partial charge in [0.2, 0.25) is 11.8 Å². The summed E-state index contributed by atoms with van der Waals surface area (Å²) in [6.45, 7) is 1.76. The molecule has 1 saturated carbocycles. The summed E-state index contributed by atoms with van der Waals surface area (Å²) in [5.74, 6) is 0.518. The molecule has 6 aromatic rings. The van der Waals surface area contributed by atoms with Gasteiger partial charge >= 0.3 is 0 Å². The molecule has 8 rings (SSSR count). The zero-order chi connectivity index (χ0) is 35.1. The van der Waals surface area contributed by atoms with Gasteiger partial charge in [0.1, 0.15) is 17.4 Å². The van der Waals surface area contributed by atoms with Crippen LogP contribution in [-0.2, 0) is 22.6 Å². The first-order chi connectivity index (χ1) is 24.8. The molecule has 1 aliphatic heterocycles. The minimum Gasteiger partial charge on any atom is -0.507 e. The molecular weight excluding hydrogens is 642 g/mol. The lowest BCUT2D eigenvalue weighted by atomic mass is 9.85. The second-order valence-corrected chi connectivity index (χ2v) is 13.9. The van der Waals surface area contributed by atoms with Crippen molar-refractivity contribution in [3.8, 4) is 28.1 Å². The number of carbonyl (C=O) groups excluding carboxylic acids is 2. The minimum absolute atomic E-state index is 0.143. The van der Waals surface area contributed by atoms with E-state index in [2.05, 4.69) is 56.8 Å². The largest absolute Gasteiger partial charge is 0.507 e. The van der Waals surface area contributed by atoms with E-state index in [-0.39, 0.29) is 17.6 Å². The Morgan fingerprint density at radius 3 is 2.65 bits per heavy atom. The summed E-state index contributed by atoms with van der Waals surface area (Å²) in [5.41, 5.74) is 12.0. The Morgan fingerprint density at radius 2 is 1.82 bits per heavy atom. The van der Waals surface area contributed by atoms with Crippen LogP contribution in [0.15, 0.2) is 79.3 Å². The van der Waals surface area contributed by atoms with E-state index < -0.39 is 6.04 Å². The summed E-state index contributed by atoms with van der Waals surface area (Å²) in [7, 11) is 2.23. The Morgan fingerprint density at radius 1 is 0.980 bits per heavy atom. The summed E-state index contributed by atoms with van der Waals surface area (Å²) < 4.78 is 4.03. The summed E-state index contributed by atoms with van der Waals surface area (Å²) >= 11 is 0. The van der Waals surface area contributed by atoms with Crippen LogP contribution in [0, 0.1) is 5.92 Å². The Labute approximate surface area is 295 Å². The lowest BCUT2D eigenvalue weighted by molar-refractivity contribution is -0.135. The monoisotopic (exact) mass is 683 g/mol. The van der Waals surface area contributed by atoms with Crippen molar-refractivity contribution in [3.05, 3.63) is 84.8 Å². The van der Waals surface area contributed by atoms with Crippen LogP contribution >= 0.6 is 0 Å². The van der Waals surface area contributed by atoms with Gasteiger partial charge in [-0.05, 0) is 93.5 Å². The van der Waals surface area contributed by atoms with Gasteiger partial charge < -0.3 is 20.3 Å². The van der Waals surface area contributed by atoms with Gasteiger partial charge in [-0.25, -0.2) is 4.98 Å². The molecule has 2 aliphatic rings. The third-order valence-corrected chi connectivity index (χ3v) is 10.8. The van der Waals surface area contributed by atoms with Gasteiger partial charge in [0, 0.05) is 65.4 Å². The van der Waals surface area contributed by atoms with Gasteiger partial charge in [0.25, 0.3) is 0 Å². The van der Waals surface area contributed by atoms with Crippen molar-refractivity contribution in [1.29, 1.82) is 0 Å². The Balaban J connectivity index is 0.909. The van der Waals surface area contributed by atoms with Crippen LogP contribution in [-0.4, -0.2) is 71.0 Å². The molecule has 1 atom stereocenters. The topological polar surface area (TPSA) is 157 Å². The number of benzene rings is 2. The number of hydrogen-bond acceptors (Lipinski definition) is 9. The molecular formula is C39H41N9O3. The van der Waals surface area contributed by atoms with Crippen molar-refractivity contribution in [2.45, 2.75) is 63.6 Å². The molecule has 5 heterocycles. The second kappa shape index (κ2) is 13.6. The molecule has 12 nitrogen and oxygen atoms in total. The number of amides is 2. The number of piperidine rings is 1. The molecule has 12 heteroatoms. The summed E-state index contributed by atoms with van der Waals surface area (Å²) in [4.78, 5) is 32.0. The van der Waals surface area contributed by atoms with E-state index in [4.69, 9.17) is 10.7 Å². The number of nitrogens with zero attached hydrogens (tertiary/aromatic N) is 7. The molecule has 51 heavy (non-hydrogen) atoms. The van der Waals surface area contributed by atoms with Gasteiger partial charge in [-0.15, -0.1) is 10.2 Å². The summed E-state index contributed by atoms with van der Waals surface area (Å²) in [5, 5.41) is 28.0. The van der Waals surface area contributed by atoms with E-state index in [1.807, 2.05) is 39.8 Å². The van der Waals surface area contributed by atoms with E-state index in [1.165, 1.54) is 5.56 Å². The number of nitrogens with one attached hydrogen (secondary N) is 1. The first kappa shape index (κ1) is 32.6. The summed E-state index contributed by atoms with van der Waals surface area (Å²) in [6, 6.07) is 19.3. The van der Waals surface area contributed by atoms with Crippen molar-refractivity contribution in [1.82, 2.24) is 39.7 Å². The number of anilines is 1. The molecule has 260 valence electrons. The fourth-order valence-corrected chi connectivity index (χ4v) is 8.02. The normalized spacial score (nSPS) is 19.6. The number of nitrogen functional groups attached to an aromatic ring is 1. The van der Waals surface area contributed by atoms with Crippen LogP contribution in [0.3, 0.4) is 0 Å². The number of phenolic OH excluding ortho intramolecular Hbond substituents is 1.